The average Bonchev–Trinajstić information content (AvgIpc) is 2.46. The van der Waals surface area contributed by atoms with Crippen molar-refractivity contribution < 1.29 is 19.5 Å². The number of nitrogens with one attached hydrogen (secondary N) is 1. The molecule has 22 heavy (non-hydrogen) atoms. The van der Waals surface area contributed by atoms with Gasteiger partial charge in [0, 0.05) is 6.42 Å². The number of hydrogen-bond acceptors (Lipinski definition) is 4. The van der Waals surface area contributed by atoms with Gasteiger partial charge in [0.1, 0.15) is 12.1 Å². The molecule has 6 nitrogen and oxygen atoms in total. The van der Waals surface area contributed by atoms with Crippen molar-refractivity contribution in [2.24, 2.45) is 10.9 Å². The van der Waals surface area contributed by atoms with E-state index in [1.807, 2.05) is 19.9 Å². The number of aliphatic imine (C=N–C) groups is 1. The first-order valence-electron chi connectivity index (χ1n) is 7.08. The second kappa shape index (κ2) is 8.74. The monoisotopic (exact) mass is 304 g/mol. The minimum atomic E-state index is -1.13. The van der Waals surface area contributed by atoms with E-state index in [-0.39, 0.29) is 12.3 Å². The van der Waals surface area contributed by atoms with E-state index in [9.17, 15) is 19.5 Å². The maximum Gasteiger partial charge on any atom is 0.326 e. The van der Waals surface area contributed by atoms with Crippen molar-refractivity contribution in [3.63, 3.8) is 0 Å². The molecule has 0 heterocycles. The molecule has 0 aliphatic carbocycles. The molecule has 2 N–H and O–H groups in total. The van der Waals surface area contributed by atoms with Crippen LogP contribution in [-0.4, -0.2) is 35.1 Å². The van der Waals surface area contributed by atoms with Gasteiger partial charge >= 0.3 is 5.97 Å². The summed E-state index contributed by atoms with van der Waals surface area (Å²) in [7, 11) is 0. The number of isocyanates is 1. The van der Waals surface area contributed by atoms with Gasteiger partial charge in [-0.15, -0.1) is 0 Å². The molecule has 0 radical (unpaired) electrons. The van der Waals surface area contributed by atoms with Crippen LogP contribution in [0.15, 0.2) is 35.3 Å². The zero-order valence-electron chi connectivity index (χ0n) is 12.7. The quantitative estimate of drug-likeness (QED) is 0.562. The summed E-state index contributed by atoms with van der Waals surface area (Å²) in [6.07, 6.45) is 1.90. The third-order valence-corrected chi connectivity index (χ3v) is 3.10. The Hall–Kier alpha value is -2.46. The summed E-state index contributed by atoms with van der Waals surface area (Å²) < 4.78 is 0. The van der Waals surface area contributed by atoms with E-state index in [4.69, 9.17) is 0 Å². The molecule has 0 aliphatic heterocycles. The lowest BCUT2D eigenvalue weighted by atomic mass is 10.0. The number of amides is 1. The van der Waals surface area contributed by atoms with Gasteiger partial charge in [0.15, 0.2) is 0 Å². The van der Waals surface area contributed by atoms with Crippen molar-refractivity contribution in [3.8, 4) is 0 Å². The molecule has 2 atom stereocenters. The molecule has 1 aromatic rings. The smallest absolute Gasteiger partial charge is 0.326 e. The second-order valence-electron chi connectivity index (χ2n) is 5.45. The highest BCUT2D eigenvalue weighted by molar-refractivity contribution is 5.87. The molecule has 0 fully saturated rings. The fourth-order valence-corrected chi connectivity index (χ4v) is 2.05. The normalized spacial score (nSPS) is 13.0. The molecular weight excluding hydrogens is 284 g/mol. The van der Waals surface area contributed by atoms with E-state index in [1.54, 1.807) is 24.3 Å². The summed E-state index contributed by atoms with van der Waals surface area (Å²) in [5.74, 6) is -1.55. The zero-order valence-corrected chi connectivity index (χ0v) is 12.7. The summed E-state index contributed by atoms with van der Waals surface area (Å²) in [5, 5.41) is 11.7. The molecule has 0 aliphatic rings. The summed E-state index contributed by atoms with van der Waals surface area (Å²) in [6.45, 7) is 3.78. The Labute approximate surface area is 129 Å². The van der Waals surface area contributed by atoms with Crippen LogP contribution in [0, 0.1) is 5.92 Å². The second-order valence-corrected chi connectivity index (χ2v) is 5.45. The van der Waals surface area contributed by atoms with Crippen molar-refractivity contribution in [2.45, 2.75) is 38.8 Å². The van der Waals surface area contributed by atoms with Crippen LogP contribution >= 0.6 is 0 Å². The Morgan fingerprint density at radius 1 is 1.27 bits per heavy atom. The topological polar surface area (TPSA) is 95.8 Å². The molecule has 0 saturated carbocycles. The minimum Gasteiger partial charge on any atom is -0.480 e. The molecule has 118 valence electrons. The van der Waals surface area contributed by atoms with Crippen molar-refractivity contribution in [2.75, 3.05) is 0 Å². The van der Waals surface area contributed by atoms with Crippen LogP contribution in [0.2, 0.25) is 0 Å². The SMILES string of the molecule is CC(C)CC(N=C=O)C(=O)NC(Cc1ccccc1)C(=O)O. The Kier molecular flexibility index (Phi) is 6.99. The average molecular weight is 304 g/mol. The summed E-state index contributed by atoms with van der Waals surface area (Å²) in [5.41, 5.74) is 0.800. The number of carbonyl (C=O) groups excluding carboxylic acids is 2. The Balaban J connectivity index is 2.78. The van der Waals surface area contributed by atoms with Crippen molar-refractivity contribution in [1.29, 1.82) is 0 Å². The first-order chi connectivity index (χ1) is 10.4. The number of carboxylic acids is 1. The van der Waals surface area contributed by atoms with Gasteiger partial charge in [0.2, 0.25) is 12.0 Å². The molecule has 0 aromatic heterocycles. The van der Waals surface area contributed by atoms with Crippen LogP contribution in [0.1, 0.15) is 25.8 Å². The van der Waals surface area contributed by atoms with Crippen LogP contribution in [0.25, 0.3) is 0 Å². The number of nitrogens with zero attached hydrogens (tertiary/aromatic N) is 1. The number of carbonyl (C=O) groups is 2. The van der Waals surface area contributed by atoms with E-state index in [0.29, 0.717) is 6.42 Å². The lowest BCUT2D eigenvalue weighted by Crippen LogP contribution is -2.46. The molecule has 0 spiro atoms. The van der Waals surface area contributed by atoms with E-state index >= 15 is 0 Å². The highest BCUT2D eigenvalue weighted by Crippen LogP contribution is 2.09. The van der Waals surface area contributed by atoms with Gasteiger partial charge in [-0.2, -0.15) is 4.99 Å². The fraction of sp³-hybridized carbons (Fsp3) is 0.438. The molecular formula is C16H20N2O4. The highest BCUT2D eigenvalue weighted by Gasteiger charge is 2.25. The first-order valence-corrected chi connectivity index (χ1v) is 7.08. The molecule has 1 aromatic carbocycles. The Bertz CT molecular complexity index is 551. The Morgan fingerprint density at radius 2 is 1.91 bits per heavy atom. The van der Waals surface area contributed by atoms with Gasteiger partial charge in [-0.05, 0) is 17.9 Å². The van der Waals surface area contributed by atoms with Gasteiger partial charge in [-0.1, -0.05) is 44.2 Å². The molecule has 0 bridgehead atoms. The Morgan fingerprint density at radius 3 is 2.41 bits per heavy atom. The van der Waals surface area contributed by atoms with Crippen molar-refractivity contribution in [1.82, 2.24) is 5.32 Å². The third-order valence-electron chi connectivity index (χ3n) is 3.10. The van der Waals surface area contributed by atoms with Crippen LogP contribution in [-0.2, 0) is 20.8 Å². The number of benzene rings is 1. The first kappa shape index (κ1) is 17.6. The van der Waals surface area contributed by atoms with Gasteiger partial charge in [-0.3, -0.25) is 4.79 Å². The number of hydrogen-bond donors (Lipinski definition) is 2. The maximum atomic E-state index is 12.1. The largest absolute Gasteiger partial charge is 0.480 e. The standard InChI is InChI=1S/C16H20N2O4/c1-11(2)8-13(17-10-19)15(20)18-14(16(21)22)9-12-6-4-3-5-7-12/h3-7,11,13-14H,8-9H2,1-2H3,(H,18,20)(H,21,22). The van der Waals surface area contributed by atoms with Crippen LogP contribution in [0.3, 0.4) is 0 Å². The van der Waals surface area contributed by atoms with Gasteiger partial charge in [0.25, 0.3) is 0 Å². The van der Waals surface area contributed by atoms with Crippen molar-refractivity contribution in [3.05, 3.63) is 35.9 Å². The predicted octanol–water partition coefficient (Wildman–Crippen LogP) is 1.55. The van der Waals surface area contributed by atoms with Gasteiger partial charge in [-0.25, -0.2) is 9.59 Å². The van der Waals surface area contributed by atoms with E-state index in [2.05, 4.69) is 10.3 Å². The molecule has 0 saturated heterocycles. The van der Waals surface area contributed by atoms with Gasteiger partial charge < -0.3 is 10.4 Å². The molecule has 2 unspecified atom stereocenters. The zero-order chi connectivity index (χ0) is 16.5. The van der Waals surface area contributed by atoms with Gasteiger partial charge in [0.05, 0.1) is 0 Å². The van der Waals surface area contributed by atoms with E-state index in [0.717, 1.165) is 5.56 Å². The highest BCUT2D eigenvalue weighted by atomic mass is 16.4. The lowest BCUT2D eigenvalue weighted by Gasteiger charge is -2.18. The number of rotatable bonds is 8. The fourth-order valence-electron chi connectivity index (χ4n) is 2.05. The molecule has 1 rings (SSSR count). The van der Waals surface area contributed by atoms with Crippen LogP contribution in [0.4, 0.5) is 0 Å². The summed E-state index contributed by atoms with van der Waals surface area (Å²) >= 11 is 0. The summed E-state index contributed by atoms with van der Waals surface area (Å²) in [6, 6.07) is 7.04. The third kappa shape index (κ3) is 5.89. The van der Waals surface area contributed by atoms with Crippen LogP contribution in [0.5, 0.6) is 0 Å². The minimum absolute atomic E-state index is 0.144. The maximum absolute atomic E-state index is 12.1. The summed E-state index contributed by atoms with van der Waals surface area (Å²) in [4.78, 5) is 37.3. The van der Waals surface area contributed by atoms with E-state index < -0.39 is 24.0 Å². The lowest BCUT2D eigenvalue weighted by molar-refractivity contribution is -0.142. The predicted molar refractivity (Wildman–Crippen MR) is 81.1 cm³/mol. The van der Waals surface area contributed by atoms with E-state index in [1.165, 1.54) is 6.08 Å². The number of aliphatic carboxylic acids is 1. The molecule has 6 heteroatoms. The molecule has 1 amide bonds. The number of carboxylic acid groups (broad SMARTS) is 1. The van der Waals surface area contributed by atoms with Crippen molar-refractivity contribution >= 4 is 18.0 Å². The van der Waals surface area contributed by atoms with Crippen LogP contribution < -0.4 is 5.32 Å².